The first-order chi connectivity index (χ1) is 11.6. The summed E-state index contributed by atoms with van der Waals surface area (Å²) < 4.78 is 5.26. The number of nitrogens with one attached hydrogen (secondary N) is 2. The van der Waals surface area contributed by atoms with Gasteiger partial charge in [-0.25, -0.2) is 4.98 Å². The number of benzene rings is 1. The van der Waals surface area contributed by atoms with E-state index in [1.165, 1.54) is 0 Å². The highest BCUT2D eigenvalue weighted by atomic mass is 16.3. The van der Waals surface area contributed by atoms with Crippen LogP contribution in [0, 0.1) is 13.8 Å². The third kappa shape index (κ3) is 3.81. The van der Waals surface area contributed by atoms with E-state index >= 15 is 0 Å². The Morgan fingerprint density at radius 1 is 1.17 bits per heavy atom. The second-order valence-corrected chi connectivity index (χ2v) is 5.64. The Bertz CT molecular complexity index is 824. The van der Waals surface area contributed by atoms with Crippen molar-refractivity contribution in [1.82, 2.24) is 4.98 Å². The van der Waals surface area contributed by atoms with Crippen LogP contribution in [0.5, 0.6) is 0 Å². The molecule has 0 unspecified atom stereocenters. The van der Waals surface area contributed by atoms with E-state index < -0.39 is 0 Å². The van der Waals surface area contributed by atoms with Crippen LogP contribution in [0.4, 0.5) is 11.4 Å². The molecular formula is C19H19N3O2. The van der Waals surface area contributed by atoms with Gasteiger partial charge in [0.15, 0.2) is 0 Å². The van der Waals surface area contributed by atoms with Crippen LogP contribution in [0.15, 0.2) is 59.3 Å². The molecule has 0 radical (unpaired) electrons. The molecule has 5 heteroatoms. The summed E-state index contributed by atoms with van der Waals surface area (Å²) in [5.74, 6) is 0.619. The lowest BCUT2D eigenvalue weighted by atomic mass is 10.1. The first-order valence-electron chi connectivity index (χ1n) is 7.73. The molecule has 3 rings (SSSR count). The molecule has 0 bridgehead atoms. The van der Waals surface area contributed by atoms with Gasteiger partial charge in [-0.15, -0.1) is 0 Å². The van der Waals surface area contributed by atoms with Gasteiger partial charge in [-0.2, -0.15) is 0 Å². The molecule has 1 amide bonds. The molecule has 0 saturated carbocycles. The summed E-state index contributed by atoms with van der Waals surface area (Å²) in [6.07, 6.45) is 3.27. The minimum atomic E-state index is -0.221. The van der Waals surface area contributed by atoms with E-state index in [0.717, 1.165) is 28.3 Å². The maximum absolute atomic E-state index is 12.3. The van der Waals surface area contributed by atoms with Crippen LogP contribution in [0.2, 0.25) is 0 Å². The number of pyridine rings is 1. The zero-order valence-corrected chi connectivity index (χ0v) is 13.7. The highest BCUT2D eigenvalue weighted by molar-refractivity contribution is 6.03. The average Bonchev–Trinajstić information content (AvgIpc) is 3.10. The van der Waals surface area contributed by atoms with E-state index in [2.05, 4.69) is 15.6 Å². The molecule has 0 aliphatic carbocycles. The first kappa shape index (κ1) is 15.8. The Morgan fingerprint density at radius 3 is 2.75 bits per heavy atom. The van der Waals surface area contributed by atoms with E-state index in [9.17, 15) is 4.79 Å². The molecule has 0 spiro atoms. The number of amides is 1. The van der Waals surface area contributed by atoms with Gasteiger partial charge in [0.05, 0.1) is 24.7 Å². The van der Waals surface area contributed by atoms with Crippen molar-refractivity contribution in [2.24, 2.45) is 0 Å². The third-order valence-corrected chi connectivity index (χ3v) is 3.68. The van der Waals surface area contributed by atoms with E-state index in [1.807, 2.05) is 50.2 Å². The molecule has 122 valence electrons. The van der Waals surface area contributed by atoms with Gasteiger partial charge >= 0.3 is 0 Å². The fourth-order valence-electron chi connectivity index (χ4n) is 2.29. The predicted molar refractivity (Wildman–Crippen MR) is 94.1 cm³/mol. The van der Waals surface area contributed by atoms with Crippen LogP contribution in [0.25, 0.3) is 0 Å². The van der Waals surface area contributed by atoms with Crippen LogP contribution >= 0.6 is 0 Å². The molecule has 2 heterocycles. The van der Waals surface area contributed by atoms with Crippen molar-refractivity contribution in [2.45, 2.75) is 20.4 Å². The average molecular weight is 321 g/mol. The molecule has 0 saturated heterocycles. The fraction of sp³-hybridized carbons (Fsp3) is 0.158. The van der Waals surface area contributed by atoms with E-state index in [-0.39, 0.29) is 5.91 Å². The molecule has 0 atom stereocenters. The first-order valence-corrected chi connectivity index (χ1v) is 7.73. The Labute approximate surface area is 140 Å². The van der Waals surface area contributed by atoms with Gasteiger partial charge < -0.3 is 15.1 Å². The van der Waals surface area contributed by atoms with E-state index in [4.69, 9.17) is 4.42 Å². The summed E-state index contributed by atoms with van der Waals surface area (Å²) in [6.45, 7) is 4.53. The van der Waals surface area contributed by atoms with Gasteiger partial charge in [-0.05, 0) is 55.3 Å². The minimum absolute atomic E-state index is 0.221. The number of nitrogens with zero attached hydrogens (tertiary/aromatic N) is 1. The highest BCUT2D eigenvalue weighted by Gasteiger charge is 2.09. The second kappa shape index (κ2) is 7.00. The van der Waals surface area contributed by atoms with Crippen molar-refractivity contribution < 1.29 is 9.21 Å². The van der Waals surface area contributed by atoms with E-state index in [0.29, 0.717) is 12.2 Å². The summed E-state index contributed by atoms with van der Waals surface area (Å²) in [5.41, 5.74) is 4.13. The molecular weight excluding hydrogens is 302 g/mol. The fourth-order valence-corrected chi connectivity index (χ4v) is 2.29. The smallest absolute Gasteiger partial charge is 0.274 e. The largest absolute Gasteiger partial charge is 0.467 e. The summed E-state index contributed by atoms with van der Waals surface area (Å²) in [6, 6.07) is 13.2. The van der Waals surface area contributed by atoms with Gasteiger partial charge in [-0.3, -0.25) is 4.79 Å². The maximum atomic E-state index is 12.3. The van der Waals surface area contributed by atoms with Crippen LogP contribution in [-0.4, -0.2) is 10.9 Å². The number of rotatable bonds is 5. The van der Waals surface area contributed by atoms with Crippen molar-refractivity contribution >= 4 is 17.3 Å². The summed E-state index contributed by atoms with van der Waals surface area (Å²) in [4.78, 5) is 16.5. The van der Waals surface area contributed by atoms with Crippen molar-refractivity contribution in [3.05, 3.63) is 77.5 Å². The third-order valence-electron chi connectivity index (χ3n) is 3.68. The van der Waals surface area contributed by atoms with Gasteiger partial charge in [0.1, 0.15) is 11.5 Å². The SMILES string of the molecule is Cc1ccc(C)c(NC(=O)c2ccc(NCc3ccco3)cn2)c1. The van der Waals surface area contributed by atoms with Crippen LogP contribution < -0.4 is 10.6 Å². The quantitative estimate of drug-likeness (QED) is 0.740. The minimum Gasteiger partial charge on any atom is -0.467 e. The van der Waals surface area contributed by atoms with Crippen molar-refractivity contribution in [1.29, 1.82) is 0 Å². The van der Waals surface area contributed by atoms with E-state index in [1.54, 1.807) is 18.5 Å². The number of carbonyl (C=O) groups excluding carboxylic acids is 1. The van der Waals surface area contributed by atoms with Crippen LogP contribution in [-0.2, 0) is 6.54 Å². The lowest BCUT2D eigenvalue weighted by Crippen LogP contribution is -2.14. The summed E-state index contributed by atoms with van der Waals surface area (Å²) in [7, 11) is 0. The zero-order chi connectivity index (χ0) is 16.9. The lowest BCUT2D eigenvalue weighted by Gasteiger charge is -2.09. The number of aryl methyl sites for hydroxylation is 2. The van der Waals surface area contributed by atoms with Crippen molar-refractivity contribution in [3.63, 3.8) is 0 Å². The van der Waals surface area contributed by atoms with Crippen LogP contribution in [0.1, 0.15) is 27.4 Å². The topological polar surface area (TPSA) is 67.2 Å². The Balaban J connectivity index is 1.64. The lowest BCUT2D eigenvalue weighted by molar-refractivity contribution is 0.102. The molecule has 0 aliphatic rings. The number of anilines is 2. The molecule has 24 heavy (non-hydrogen) atoms. The monoisotopic (exact) mass is 321 g/mol. The highest BCUT2D eigenvalue weighted by Crippen LogP contribution is 2.17. The second-order valence-electron chi connectivity index (χ2n) is 5.64. The molecule has 2 N–H and O–H groups in total. The molecule has 1 aromatic carbocycles. The molecule has 5 nitrogen and oxygen atoms in total. The van der Waals surface area contributed by atoms with Gasteiger partial charge in [0, 0.05) is 5.69 Å². The Kier molecular flexibility index (Phi) is 4.61. The van der Waals surface area contributed by atoms with Gasteiger partial charge in [-0.1, -0.05) is 12.1 Å². The van der Waals surface area contributed by atoms with Gasteiger partial charge in [0.2, 0.25) is 0 Å². The predicted octanol–water partition coefficient (Wildman–Crippen LogP) is 4.16. The Morgan fingerprint density at radius 2 is 2.04 bits per heavy atom. The number of aromatic nitrogens is 1. The normalized spacial score (nSPS) is 10.4. The number of furan rings is 1. The zero-order valence-electron chi connectivity index (χ0n) is 13.7. The molecule has 0 aliphatic heterocycles. The standard InChI is InChI=1S/C19H19N3O2/c1-13-5-6-14(2)18(10-13)22-19(23)17-8-7-15(11-21-17)20-12-16-4-3-9-24-16/h3-11,20H,12H2,1-2H3,(H,22,23). The van der Waals surface area contributed by atoms with Crippen molar-refractivity contribution in [2.75, 3.05) is 10.6 Å². The number of carbonyl (C=O) groups is 1. The van der Waals surface area contributed by atoms with Crippen LogP contribution in [0.3, 0.4) is 0 Å². The number of hydrogen-bond donors (Lipinski definition) is 2. The van der Waals surface area contributed by atoms with Gasteiger partial charge in [0.25, 0.3) is 5.91 Å². The Hall–Kier alpha value is -3.08. The maximum Gasteiger partial charge on any atom is 0.274 e. The summed E-state index contributed by atoms with van der Waals surface area (Å²) >= 11 is 0. The number of hydrogen-bond acceptors (Lipinski definition) is 4. The molecule has 2 aromatic heterocycles. The van der Waals surface area contributed by atoms with Crippen molar-refractivity contribution in [3.8, 4) is 0 Å². The molecule has 3 aromatic rings. The molecule has 0 fully saturated rings. The summed E-state index contributed by atoms with van der Waals surface area (Å²) in [5, 5.41) is 6.10.